The molecule has 1 heterocycles. The molecule has 0 radical (unpaired) electrons. The van der Waals surface area contributed by atoms with Gasteiger partial charge in [0.1, 0.15) is 0 Å². The summed E-state index contributed by atoms with van der Waals surface area (Å²) in [7, 11) is 0. The van der Waals surface area contributed by atoms with Crippen LogP contribution in [-0.4, -0.2) is 0 Å². The first kappa shape index (κ1) is 12.5. The lowest BCUT2D eigenvalue weighted by Crippen LogP contribution is -2.12. The summed E-state index contributed by atoms with van der Waals surface area (Å²) in [4.78, 5) is 1.19. The van der Waals surface area contributed by atoms with Crippen molar-refractivity contribution in [3.63, 3.8) is 0 Å². The fourth-order valence-electron chi connectivity index (χ4n) is 1.56. The quantitative estimate of drug-likeness (QED) is 0.730. The second-order valence-electron chi connectivity index (χ2n) is 3.60. The fourth-order valence-corrected chi connectivity index (χ4v) is 3.70. The van der Waals surface area contributed by atoms with Gasteiger partial charge in [-0.3, -0.25) is 0 Å². The maximum Gasteiger partial charge on any atom is 0.0702 e. The summed E-state index contributed by atoms with van der Waals surface area (Å²) in [6.45, 7) is 2.11. The van der Waals surface area contributed by atoms with Gasteiger partial charge in [0.15, 0.2) is 0 Å². The van der Waals surface area contributed by atoms with Crippen molar-refractivity contribution in [2.45, 2.75) is 13.0 Å². The van der Waals surface area contributed by atoms with Crippen molar-refractivity contribution < 1.29 is 0 Å². The largest absolute Gasteiger partial charge is 0.320 e. The summed E-state index contributed by atoms with van der Waals surface area (Å²) in [5.74, 6) is 0. The number of halogens is 2. The Bertz CT molecular complexity index is 509. The molecule has 0 amide bonds. The van der Waals surface area contributed by atoms with E-state index >= 15 is 0 Å². The minimum absolute atomic E-state index is 0.0249. The molecule has 4 heteroatoms. The molecule has 0 bridgehead atoms. The minimum atomic E-state index is -0.0249. The number of aryl methyl sites for hydroxylation is 1. The highest BCUT2D eigenvalue weighted by Gasteiger charge is 2.14. The highest BCUT2D eigenvalue weighted by atomic mass is 127. The molecule has 0 fully saturated rings. The first-order chi connectivity index (χ1) is 7.59. The third kappa shape index (κ3) is 2.50. The van der Waals surface area contributed by atoms with Gasteiger partial charge >= 0.3 is 0 Å². The summed E-state index contributed by atoms with van der Waals surface area (Å²) >= 11 is 7.53. The van der Waals surface area contributed by atoms with Gasteiger partial charge in [0.2, 0.25) is 0 Å². The monoisotopic (exact) mass is 407 g/mol. The van der Waals surface area contributed by atoms with Crippen molar-refractivity contribution in [1.82, 2.24) is 0 Å². The number of nitrogens with two attached hydrogens (primary N) is 1. The van der Waals surface area contributed by atoms with Gasteiger partial charge in [-0.05, 0) is 68.7 Å². The minimum Gasteiger partial charge on any atom is -0.320 e. The topological polar surface area (TPSA) is 26.0 Å². The maximum atomic E-state index is 6.28. The normalized spacial score (nSPS) is 12.8. The zero-order chi connectivity index (χ0) is 11.7. The molecular weight excluding hydrogens is 397 g/mol. The Morgan fingerprint density at radius 3 is 2.69 bits per heavy atom. The van der Waals surface area contributed by atoms with Crippen LogP contribution in [0.5, 0.6) is 0 Å². The van der Waals surface area contributed by atoms with Crippen LogP contribution >= 0.6 is 49.9 Å². The van der Waals surface area contributed by atoms with Crippen LogP contribution in [0.25, 0.3) is 0 Å². The average molecular weight is 408 g/mol. The van der Waals surface area contributed by atoms with Crippen molar-refractivity contribution in [3.8, 4) is 0 Å². The smallest absolute Gasteiger partial charge is 0.0702 e. The van der Waals surface area contributed by atoms with E-state index in [0.717, 1.165) is 3.79 Å². The van der Waals surface area contributed by atoms with Crippen LogP contribution in [0, 0.1) is 10.5 Å². The van der Waals surface area contributed by atoms with Crippen LogP contribution in [0.2, 0.25) is 0 Å². The average Bonchev–Trinajstić information content (AvgIpc) is 2.68. The lowest BCUT2D eigenvalue weighted by molar-refractivity contribution is 0.884. The Hall–Kier alpha value is 0.0900. The highest BCUT2D eigenvalue weighted by molar-refractivity contribution is 14.1. The second kappa shape index (κ2) is 5.16. The second-order valence-corrected chi connectivity index (χ2v) is 7.17. The van der Waals surface area contributed by atoms with Crippen LogP contribution in [-0.2, 0) is 0 Å². The molecule has 1 aromatic heterocycles. The van der Waals surface area contributed by atoms with Crippen molar-refractivity contribution >= 4 is 49.9 Å². The van der Waals surface area contributed by atoms with E-state index in [1.807, 2.05) is 6.07 Å². The van der Waals surface area contributed by atoms with Gasteiger partial charge in [-0.25, -0.2) is 0 Å². The Kier molecular flexibility index (Phi) is 4.05. The van der Waals surface area contributed by atoms with Gasteiger partial charge in [-0.1, -0.05) is 18.2 Å². The molecule has 1 aromatic carbocycles. The van der Waals surface area contributed by atoms with Crippen molar-refractivity contribution in [3.05, 3.63) is 53.7 Å². The van der Waals surface area contributed by atoms with E-state index in [-0.39, 0.29) is 6.04 Å². The Morgan fingerprint density at radius 1 is 1.31 bits per heavy atom. The highest BCUT2D eigenvalue weighted by Crippen LogP contribution is 2.32. The summed E-state index contributed by atoms with van der Waals surface area (Å²) in [6.07, 6.45) is 0. The molecule has 0 aliphatic carbocycles. The van der Waals surface area contributed by atoms with E-state index in [0.29, 0.717) is 0 Å². The van der Waals surface area contributed by atoms with Gasteiger partial charge in [0.05, 0.1) is 9.83 Å². The zero-order valence-corrected chi connectivity index (χ0v) is 13.3. The third-order valence-corrected chi connectivity index (χ3v) is 5.64. The van der Waals surface area contributed by atoms with E-state index in [1.54, 1.807) is 11.3 Å². The Morgan fingerprint density at radius 2 is 2.06 bits per heavy atom. The first-order valence-corrected chi connectivity index (χ1v) is 7.54. The molecule has 2 N–H and O–H groups in total. The van der Waals surface area contributed by atoms with Crippen LogP contribution < -0.4 is 5.73 Å². The predicted molar refractivity (Wildman–Crippen MR) is 81.9 cm³/mol. The molecule has 2 aromatic rings. The molecule has 1 nitrogen and oxygen atoms in total. The van der Waals surface area contributed by atoms with Gasteiger partial charge < -0.3 is 5.73 Å². The third-order valence-electron chi connectivity index (χ3n) is 2.46. The van der Waals surface area contributed by atoms with Gasteiger partial charge in [-0.15, -0.1) is 11.3 Å². The molecule has 1 atom stereocenters. The predicted octanol–water partition coefficient (Wildman–Crippen LogP) is 4.47. The summed E-state index contributed by atoms with van der Waals surface area (Å²) in [5, 5.41) is 0. The maximum absolute atomic E-state index is 6.28. The molecule has 0 spiro atoms. The van der Waals surface area contributed by atoms with Crippen LogP contribution in [0.1, 0.15) is 22.0 Å². The standard InChI is InChI=1S/C12H11BrINS/c1-7-3-2-4-8(11(7)14)12(15)9-5-6-10(13)16-9/h2-6,12H,15H2,1H3. The molecule has 0 saturated heterocycles. The molecule has 0 saturated carbocycles. The van der Waals surface area contributed by atoms with E-state index < -0.39 is 0 Å². The summed E-state index contributed by atoms with van der Waals surface area (Å²) in [5.41, 5.74) is 8.77. The fraction of sp³-hybridized carbons (Fsp3) is 0.167. The summed E-state index contributed by atoms with van der Waals surface area (Å²) < 4.78 is 2.39. The Labute approximate surface area is 121 Å². The SMILES string of the molecule is Cc1cccc(C(N)c2ccc(Br)s2)c1I. The van der Waals surface area contributed by atoms with Gasteiger partial charge in [0.25, 0.3) is 0 Å². The zero-order valence-electron chi connectivity index (χ0n) is 8.71. The Balaban J connectivity index is 2.41. The van der Waals surface area contributed by atoms with Crippen molar-refractivity contribution in [2.24, 2.45) is 5.73 Å². The molecule has 2 rings (SSSR count). The summed E-state index contributed by atoms with van der Waals surface area (Å²) in [6, 6.07) is 10.4. The first-order valence-electron chi connectivity index (χ1n) is 4.85. The van der Waals surface area contributed by atoms with Crippen LogP contribution in [0.4, 0.5) is 0 Å². The van der Waals surface area contributed by atoms with E-state index in [2.05, 4.69) is 69.7 Å². The molecule has 0 aliphatic rings. The lowest BCUT2D eigenvalue weighted by Gasteiger charge is -2.13. The van der Waals surface area contributed by atoms with E-state index in [9.17, 15) is 0 Å². The number of hydrogen-bond donors (Lipinski definition) is 1. The number of thiophene rings is 1. The van der Waals surface area contributed by atoms with Gasteiger partial charge in [0, 0.05) is 8.45 Å². The van der Waals surface area contributed by atoms with Crippen LogP contribution in [0.3, 0.4) is 0 Å². The molecule has 0 aliphatic heterocycles. The molecule has 16 heavy (non-hydrogen) atoms. The van der Waals surface area contributed by atoms with E-state index in [1.165, 1.54) is 19.6 Å². The number of rotatable bonds is 2. The molecular formula is C12H11BrINS. The van der Waals surface area contributed by atoms with Crippen LogP contribution in [0.15, 0.2) is 34.1 Å². The van der Waals surface area contributed by atoms with Gasteiger partial charge in [-0.2, -0.15) is 0 Å². The van der Waals surface area contributed by atoms with E-state index in [4.69, 9.17) is 5.73 Å². The number of benzene rings is 1. The molecule has 1 unspecified atom stereocenters. The number of hydrogen-bond acceptors (Lipinski definition) is 2. The van der Waals surface area contributed by atoms with Crippen molar-refractivity contribution in [2.75, 3.05) is 0 Å². The molecule has 84 valence electrons. The van der Waals surface area contributed by atoms with Crippen molar-refractivity contribution in [1.29, 1.82) is 0 Å². The lowest BCUT2D eigenvalue weighted by atomic mass is 10.0.